The zero-order valence-electron chi connectivity index (χ0n) is 12.6. The number of benzene rings is 1. The van der Waals surface area contributed by atoms with Gasteiger partial charge in [-0.1, -0.05) is 25.0 Å². The molecule has 1 atom stereocenters. The van der Waals surface area contributed by atoms with Crippen molar-refractivity contribution in [2.45, 2.75) is 44.6 Å². The molecule has 2 heterocycles. The van der Waals surface area contributed by atoms with Gasteiger partial charge in [-0.15, -0.1) is 0 Å². The molecule has 0 bridgehead atoms. The van der Waals surface area contributed by atoms with Gasteiger partial charge in [-0.3, -0.25) is 4.79 Å². The van der Waals surface area contributed by atoms with E-state index in [4.69, 9.17) is 0 Å². The molecular formula is C17H25N3O. The van der Waals surface area contributed by atoms with Gasteiger partial charge in [-0.05, 0) is 44.4 Å². The summed E-state index contributed by atoms with van der Waals surface area (Å²) in [4.78, 5) is 14.9. The van der Waals surface area contributed by atoms with Gasteiger partial charge in [0.25, 0.3) is 0 Å². The third-order valence-corrected chi connectivity index (χ3v) is 4.49. The van der Waals surface area contributed by atoms with Crippen LogP contribution in [0.1, 0.15) is 38.5 Å². The van der Waals surface area contributed by atoms with Crippen molar-refractivity contribution in [3.05, 3.63) is 24.3 Å². The molecule has 2 aliphatic rings. The van der Waals surface area contributed by atoms with Gasteiger partial charge in [0, 0.05) is 13.1 Å². The molecular weight excluding hydrogens is 262 g/mol. The van der Waals surface area contributed by atoms with Gasteiger partial charge in [0.1, 0.15) is 0 Å². The minimum absolute atomic E-state index is 0.0425. The van der Waals surface area contributed by atoms with Crippen molar-refractivity contribution < 1.29 is 4.79 Å². The van der Waals surface area contributed by atoms with Crippen LogP contribution in [0.15, 0.2) is 24.3 Å². The largest absolute Gasteiger partial charge is 0.370 e. The van der Waals surface area contributed by atoms with Crippen LogP contribution in [0.5, 0.6) is 0 Å². The van der Waals surface area contributed by atoms with Gasteiger partial charge < -0.3 is 15.5 Å². The van der Waals surface area contributed by atoms with E-state index in [0.717, 1.165) is 43.9 Å². The Morgan fingerprint density at radius 3 is 2.76 bits per heavy atom. The number of carbonyl (C=O) groups is 1. The Morgan fingerprint density at radius 1 is 1.10 bits per heavy atom. The molecule has 4 heteroatoms. The normalized spacial score (nSPS) is 22.9. The highest BCUT2D eigenvalue weighted by atomic mass is 16.2. The van der Waals surface area contributed by atoms with E-state index in [-0.39, 0.29) is 11.9 Å². The fourth-order valence-corrected chi connectivity index (χ4v) is 3.29. The summed E-state index contributed by atoms with van der Waals surface area (Å²) in [7, 11) is 0. The molecule has 2 N–H and O–H groups in total. The Bertz CT molecular complexity index is 475. The van der Waals surface area contributed by atoms with E-state index in [0.29, 0.717) is 0 Å². The summed E-state index contributed by atoms with van der Waals surface area (Å²) in [5.41, 5.74) is 2.12. The summed E-state index contributed by atoms with van der Waals surface area (Å²) in [5.74, 6) is 0.114. The lowest BCUT2D eigenvalue weighted by atomic mass is 10.1. The van der Waals surface area contributed by atoms with Crippen LogP contribution in [-0.4, -0.2) is 31.6 Å². The minimum atomic E-state index is -0.0425. The maximum absolute atomic E-state index is 12.5. The third-order valence-electron chi connectivity index (χ3n) is 4.49. The molecule has 3 rings (SSSR count). The van der Waals surface area contributed by atoms with E-state index in [1.807, 2.05) is 18.2 Å². The second-order valence-electron chi connectivity index (χ2n) is 6.06. The molecule has 0 aliphatic carbocycles. The van der Waals surface area contributed by atoms with E-state index in [2.05, 4.69) is 21.6 Å². The molecule has 0 spiro atoms. The van der Waals surface area contributed by atoms with Crippen molar-refractivity contribution in [1.29, 1.82) is 0 Å². The zero-order chi connectivity index (χ0) is 14.5. The van der Waals surface area contributed by atoms with Crippen LogP contribution in [0, 0.1) is 0 Å². The number of anilines is 2. The summed E-state index contributed by atoms with van der Waals surface area (Å²) in [6.45, 7) is 3.13. The molecule has 4 nitrogen and oxygen atoms in total. The number of amides is 1. The molecule has 0 aromatic heterocycles. The molecule has 1 unspecified atom stereocenters. The highest BCUT2D eigenvalue weighted by Gasteiger charge is 2.22. The maximum atomic E-state index is 12.5. The van der Waals surface area contributed by atoms with Crippen LogP contribution in [0.2, 0.25) is 0 Å². The average Bonchev–Trinajstić information content (AvgIpc) is 2.89. The lowest BCUT2D eigenvalue weighted by Gasteiger charge is -2.23. The number of hydrogen-bond donors (Lipinski definition) is 2. The highest BCUT2D eigenvalue weighted by Crippen LogP contribution is 2.28. The van der Waals surface area contributed by atoms with Crippen LogP contribution < -0.4 is 15.5 Å². The number of carbonyl (C=O) groups excluding carboxylic acids is 1. The quantitative estimate of drug-likeness (QED) is 0.898. The predicted octanol–water partition coefficient (Wildman–Crippen LogP) is 2.76. The molecule has 2 aliphatic heterocycles. The summed E-state index contributed by atoms with van der Waals surface area (Å²) in [6, 6.07) is 8.13. The van der Waals surface area contributed by atoms with Crippen LogP contribution in [0.25, 0.3) is 0 Å². The first-order chi connectivity index (χ1) is 10.3. The molecule has 0 radical (unpaired) electrons. The molecule has 0 saturated carbocycles. The molecule has 114 valence electrons. The molecule has 2 fully saturated rings. The highest BCUT2D eigenvalue weighted by molar-refractivity contribution is 5.97. The molecule has 1 aromatic rings. The van der Waals surface area contributed by atoms with Crippen molar-refractivity contribution in [1.82, 2.24) is 5.32 Å². The maximum Gasteiger partial charge on any atom is 0.241 e. The van der Waals surface area contributed by atoms with Crippen LogP contribution >= 0.6 is 0 Å². The first kappa shape index (κ1) is 14.4. The van der Waals surface area contributed by atoms with Crippen molar-refractivity contribution in [3.63, 3.8) is 0 Å². The average molecular weight is 287 g/mol. The van der Waals surface area contributed by atoms with E-state index in [9.17, 15) is 4.79 Å². The fourth-order valence-electron chi connectivity index (χ4n) is 3.29. The number of rotatable bonds is 3. The van der Waals surface area contributed by atoms with Crippen LogP contribution in [0.4, 0.5) is 11.4 Å². The van der Waals surface area contributed by atoms with E-state index < -0.39 is 0 Å². The van der Waals surface area contributed by atoms with Crippen molar-refractivity contribution in [2.24, 2.45) is 0 Å². The number of para-hydroxylation sites is 2. The number of hydrogen-bond acceptors (Lipinski definition) is 3. The van der Waals surface area contributed by atoms with Gasteiger partial charge in [0.15, 0.2) is 0 Å². The molecule has 1 amide bonds. The number of nitrogens with zero attached hydrogens (tertiary/aromatic N) is 1. The van der Waals surface area contributed by atoms with E-state index in [1.165, 1.54) is 25.7 Å². The van der Waals surface area contributed by atoms with Gasteiger partial charge >= 0.3 is 0 Å². The smallest absolute Gasteiger partial charge is 0.241 e. The first-order valence-corrected chi connectivity index (χ1v) is 8.23. The zero-order valence-corrected chi connectivity index (χ0v) is 12.6. The van der Waals surface area contributed by atoms with Gasteiger partial charge in [0.2, 0.25) is 5.91 Å². The number of nitrogens with one attached hydrogen (secondary N) is 2. The van der Waals surface area contributed by atoms with Crippen molar-refractivity contribution in [3.8, 4) is 0 Å². The van der Waals surface area contributed by atoms with Crippen molar-refractivity contribution in [2.75, 3.05) is 29.9 Å². The summed E-state index contributed by atoms with van der Waals surface area (Å²) >= 11 is 0. The van der Waals surface area contributed by atoms with Crippen LogP contribution in [-0.2, 0) is 4.79 Å². The summed E-state index contributed by atoms with van der Waals surface area (Å²) < 4.78 is 0. The minimum Gasteiger partial charge on any atom is -0.370 e. The Morgan fingerprint density at radius 2 is 1.90 bits per heavy atom. The Hall–Kier alpha value is -1.55. The standard InChI is InChI=1S/C17H25N3O/c21-17(15-9-2-1-5-11-18-15)19-14-8-3-4-10-16(14)20-12-6-7-13-20/h3-4,8,10,15,18H,1-2,5-7,9,11-13H2,(H,19,21). The first-order valence-electron chi connectivity index (χ1n) is 8.23. The van der Waals surface area contributed by atoms with Crippen LogP contribution in [0.3, 0.4) is 0 Å². The topological polar surface area (TPSA) is 44.4 Å². The SMILES string of the molecule is O=C(Nc1ccccc1N1CCCC1)C1CCCCCN1. The molecule has 21 heavy (non-hydrogen) atoms. The Labute approximate surface area is 126 Å². The predicted molar refractivity (Wildman–Crippen MR) is 86.8 cm³/mol. The lowest BCUT2D eigenvalue weighted by Crippen LogP contribution is -2.40. The Kier molecular flexibility index (Phi) is 4.76. The van der Waals surface area contributed by atoms with Crippen molar-refractivity contribution >= 4 is 17.3 Å². The Balaban J connectivity index is 1.70. The molecule has 1 aromatic carbocycles. The summed E-state index contributed by atoms with van der Waals surface area (Å²) in [6.07, 6.45) is 6.96. The van der Waals surface area contributed by atoms with Gasteiger partial charge in [0.05, 0.1) is 17.4 Å². The lowest BCUT2D eigenvalue weighted by molar-refractivity contribution is -0.118. The molecule has 2 saturated heterocycles. The second kappa shape index (κ2) is 6.94. The van der Waals surface area contributed by atoms with E-state index in [1.54, 1.807) is 0 Å². The third kappa shape index (κ3) is 3.56. The monoisotopic (exact) mass is 287 g/mol. The van der Waals surface area contributed by atoms with Gasteiger partial charge in [-0.25, -0.2) is 0 Å². The second-order valence-corrected chi connectivity index (χ2v) is 6.06. The van der Waals surface area contributed by atoms with Gasteiger partial charge in [-0.2, -0.15) is 0 Å². The summed E-state index contributed by atoms with van der Waals surface area (Å²) in [5, 5.41) is 6.51. The van der Waals surface area contributed by atoms with E-state index >= 15 is 0 Å². The fraction of sp³-hybridized carbons (Fsp3) is 0.588.